The maximum absolute atomic E-state index is 12.3. The van der Waals surface area contributed by atoms with Gasteiger partial charge in [-0.05, 0) is 44.5 Å². The summed E-state index contributed by atoms with van der Waals surface area (Å²) >= 11 is 5.91. The molecule has 0 radical (unpaired) electrons. The van der Waals surface area contributed by atoms with E-state index in [-0.39, 0.29) is 16.8 Å². The summed E-state index contributed by atoms with van der Waals surface area (Å²) in [7, 11) is 0. The number of hydrogen-bond acceptors (Lipinski definition) is 5. The van der Waals surface area contributed by atoms with Crippen molar-refractivity contribution in [3.8, 4) is 0 Å². The van der Waals surface area contributed by atoms with Crippen molar-refractivity contribution in [1.82, 2.24) is 0 Å². The summed E-state index contributed by atoms with van der Waals surface area (Å²) in [6.07, 6.45) is -1.10. The topological polar surface area (TPSA) is 98.5 Å². The van der Waals surface area contributed by atoms with E-state index in [2.05, 4.69) is 5.32 Å². The molecule has 0 aliphatic carbocycles. The van der Waals surface area contributed by atoms with Gasteiger partial charge in [-0.2, -0.15) is 0 Å². The van der Waals surface area contributed by atoms with Gasteiger partial charge in [-0.3, -0.25) is 14.9 Å². The molecule has 2 aromatic carbocycles. The molecule has 8 heteroatoms. The van der Waals surface area contributed by atoms with Crippen LogP contribution >= 0.6 is 11.6 Å². The van der Waals surface area contributed by atoms with Crippen molar-refractivity contribution in [2.45, 2.75) is 26.9 Å². The highest BCUT2D eigenvalue weighted by atomic mass is 35.5. The van der Waals surface area contributed by atoms with Crippen molar-refractivity contribution in [2.75, 3.05) is 5.32 Å². The zero-order valence-corrected chi connectivity index (χ0v) is 15.2. The van der Waals surface area contributed by atoms with Crippen molar-refractivity contribution in [3.05, 3.63) is 68.2 Å². The number of hydrogen-bond donors (Lipinski definition) is 1. The molecule has 0 spiro atoms. The molecule has 1 amide bonds. The molecule has 0 bridgehead atoms. The summed E-state index contributed by atoms with van der Waals surface area (Å²) in [5.74, 6) is -1.34. The van der Waals surface area contributed by atoms with E-state index in [1.165, 1.54) is 32.0 Å². The molecule has 0 saturated carbocycles. The van der Waals surface area contributed by atoms with E-state index in [1.807, 2.05) is 0 Å². The summed E-state index contributed by atoms with van der Waals surface area (Å²) in [6.45, 7) is 4.67. The Morgan fingerprint density at radius 1 is 1.23 bits per heavy atom. The molecule has 0 aliphatic heterocycles. The highest BCUT2D eigenvalue weighted by Gasteiger charge is 2.23. The van der Waals surface area contributed by atoms with Crippen LogP contribution < -0.4 is 5.32 Å². The summed E-state index contributed by atoms with van der Waals surface area (Å²) in [5, 5.41) is 14.1. The van der Waals surface area contributed by atoms with Crippen LogP contribution in [0, 0.1) is 24.0 Å². The van der Waals surface area contributed by atoms with Crippen molar-refractivity contribution in [2.24, 2.45) is 0 Å². The van der Waals surface area contributed by atoms with Crippen LogP contribution in [0.5, 0.6) is 0 Å². The molecule has 0 aromatic heterocycles. The van der Waals surface area contributed by atoms with Crippen LogP contribution in [0.2, 0.25) is 5.02 Å². The third-order valence-electron chi connectivity index (χ3n) is 3.83. The first-order chi connectivity index (χ1) is 12.2. The van der Waals surface area contributed by atoms with Gasteiger partial charge in [0.2, 0.25) is 0 Å². The number of ether oxygens (including phenoxy) is 1. The zero-order chi connectivity index (χ0) is 19.4. The molecule has 2 aromatic rings. The number of halogens is 1. The van der Waals surface area contributed by atoms with Crippen molar-refractivity contribution in [1.29, 1.82) is 0 Å². The first-order valence-corrected chi connectivity index (χ1v) is 8.10. The number of nitrogens with one attached hydrogen (secondary N) is 1. The number of carbonyl (C=O) groups excluding carboxylic acids is 2. The second-order valence-corrected chi connectivity index (χ2v) is 6.14. The third kappa shape index (κ3) is 4.37. The number of esters is 1. The fourth-order valence-electron chi connectivity index (χ4n) is 2.28. The number of amides is 1. The van der Waals surface area contributed by atoms with Gasteiger partial charge in [0.05, 0.1) is 10.5 Å². The van der Waals surface area contributed by atoms with Gasteiger partial charge in [0.25, 0.3) is 11.6 Å². The summed E-state index contributed by atoms with van der Waals surface area (Å²) in [4.78, 5) is 34.9. The monoisotopic (exact) mass is 376 g/mol. The van der Waals surface area contributed by atoms with Crippen molar-refractivity contribution < 1.29 is 19.2 Å². The fraction of sp³-hybridized carbons (Fsp3) is 0.222. The molecular weight excluding hydrogens is 360 g/mol. The highest BCUT2D eigenvalue weighted by molar-refractivity contribution is 6.31. The molecule has 0 fully saturated rings. The highest BCUT2D eigenvalue weighted by Crippen LogP contribution is 2.23. The standard InChI is InChI=1S/C18H17ClN2O5/c1-10-7-8-13(19)9-15(10)20-17(22)12(3)26-18(23)14-5-4-6-16(11(14)2)21(24)25/h4-9,12H,1-3H3,(H,20,22)/t12-/m0/s1. The predicted molar refractivity (Wildman–Crippen MR) is 97.5 cm³/mol. The summed E-state index contributed by atoms with van der Waals surface area (Å²) < 4.78 is 5.15. The van der Waals surface area contributed by atoms with Gasteiger partial charge in [-0.1, -0.05) is 23.7 Å². The summed E-state index contributed by atoms with van der Waals surface area (Å²) in [6, 6.07) is 9.14. The van der Waals surface area contributed by atoms with E-state index in [1.54, 1.807) is 25.1 Å². The fourth-order valence-corrected chi connectivity index (χ4v) is 2.46. The van der Waals surface area contributed by atoms with Crippen molar-refractivity contribution in [3.63, 3.8) is 0 Å². The molecule has 0 heterocycles. The van der Waals surface area contributed by atoms with Gasteiger partial charge < -0.3 is 10.1 Å². The molecule has 26 heavy (non-hydrogen) atoms. The van der Waals surface area contributed by atoms with Crippen LogP contribution in [0.1, 0.15) is 28.4 Å². The minimum atomic E-state index is -1.10. The Balaban J connectivity index is 2.12. The number of nitro benzene ring substituents is 1. The van der Waals surface area contributed by atoms with Gasteiger partial charge in [0.1, 0.15) is 0 Å². The van der Waals surface area contributed by atoms with Gasteiger partial charge in [-0.15, -0.1) is 0 Å². The lowest BCUT2D eigenvalue weighted by Gasteiger charge is -2.15. The van der Waals surface area contributed by atoms with Crippen LogP contribution in [0.4, 0.5) is 11.4 Å². The molecular formula is C18H17ClN2O5. The number of benzene rings is 2. The number of anilines is 1. The minimum Gasteiger partial charge on any atom is -0.449 e. The van der Waals surface area contributed by atoms with Gasteiger partial charge in [0, 0.05) is 22.3 Å². The maximum Gasteiger partial charge on any atom is 0.339 e. The Kier molecular flexibility index (Phi) is 5.94. The summed E-state index contributed by atoms with van der Waals surface area (Å²) in [5.41, 5.74) is 1.34. The molecule has 1 N–H and O–H groups in total. The second kappa shape index (κ2) is 7.97. The first-order valence-electron chi connectivity index (χ1n) is 7.72. The average Bonchev–Trinajstić information content (AvgIpc) is 2.57. The molecule has 2 rings (SSSR count). The van der Waals surface area contributed by atoms with Crippen LogP contribution in [0.25, 0.3) is 0 Å². The van der Waals surface area contributed by atoms with E-state index < -0.39 is 22.9 Å². The number of aryl methyl sites for hydroxylation is 1. The lowest BCUT2D eigenvalue weighted by molar-refractivity contribution is -0.385. The number of carbonyl (C=O) groups is 2. The van der Waals surface area contributed by atoms with Crippen LogP contribution in [0.15, 0.2) is 36.4 Å². The predicted octanol–water partition coefficient (Wildman–Crippen LogP) is 4.05. The lowest BCUT2D eigenvalue weighted by Crippen LogP contribution is -2.30. The molecule has 7 nitrogen and oxygen atoms in total. The largest absolute Gasteiger partial charge is 0.449 e. The number of nitro groups is 1. The molecule has 1 atom stereocenters. The van der Waals surface area contributed by atoms with Crippen LogP contribution in [-0.2, 0) is 9.53 Å². The van der Waals surface area contributed by atoms with Crippen molar-refractivity contribution >= 4 is 34.9 Å². The van der Waals surface area contributed by atoms with Crippen LogP contribution in [0.3, 0.4) is 0 Å². The van der Waals surface area contributed by atoms with Crippen LogP contribution in [-0.4, -0.2) is 22.9 Å². The van der Waals surface area contributed by atoms with Gasteiger partial charge in [-0.25, -0.2) is 4.79 Å². The molecule has 0 saturated heterocycles. The van der Waals surface area contributed by atoms with E-state index >= 15 is 0 Å². The van der Waals surface area contributed by atoms with E-state index in [4.69, 9.17) is 16.3 Å². The normalized spacial score (nSPS) is 11.5. The first kappa shape index (κ1) is 19.4. The van der Waals surface area contributed by atoms with Gasteiger partial charge >= 0.3 is 5.97 Å². The molecule has 136 valence electrons. The zero-order valence-electron chi connectivity index (χ0n) is 14.4. The number of rotatable bonds is 5. The Bertz CT molecular complexity index is 882. The minimum absolute atomic E-state index is 0.0396. The average molecular weight is 377 g/mol. The van der Waals surface area contributed by atoms with Gasteiger partial charge in [0.15, 0.2) is 6.10 Å². The Morgan fingerprint density at radius 2 is 1.92 bits per heavy atom. The Labute approximate surface area is 155 Å². The molecule has 0 aliphatic rings. The smallest absolute Gasteiger partial charge is 0.339 e. The van der Waals surface area contributed by atoms with E-state index in [0.29, 0.717) is 10.7 Å². The Morgan fingerprint density at radius 3 is 2.58 bits per heavy atom. The second-order valence-electron chi connectivity index (χ2n) is 5.70. The Hall–Kier alpha value is -2.93. The lowest BCUT2D eigenvalue weighted by atomic mass is 10.1. The molecule has 0 unspecified atom stereocenters. The third-order valence-corrected chi connectivity index (χ3v) is 4.07. The van der Waals surface area contributed by atoms with E-state index in [0.717, 1.165) is 5.56 Å². The maximum atomic E-state index is 12.3. The van der Waals surface area contributed by atoms with E-state index in [9.17, 15) is 19.7 Å². The SMILES string of the molecule is Cc1ccc(Cl)cc1NC(=O)[C@H](C)OC(=O)c1cccc([N+](=O)[O-])c1C. The number of nitrogens with zero attached hydrogens (tertiary/aromatic N) is 1. The quantitative estimate of drug-likeness (QED) is 0.482.